The summed E-state index contributed by atoms with van der Waals surface area (Å²) in [5, 5.41) is 9.81. The minimum absolute atomic E-state index is 0.0542. The molecule has 0 bridgehead atoms. The van der Waals surface area contributed by atoms with Crippen LogP contribution in [0.25, 0.3) is 6.08 Å². The quantitative estimate of drug-likeness (QED) is 0.774. The van der Waals surface area contributed by atoms with Crippen molar-refractivity contribution in [2.24, 2.45) is 5.73 Å². The van der Waals surface area contributed by atoms with Crippen molar-refractivity contribution in [2.75, 3.05) is 13.1 Å². The van der Waals surface area contributed by atoms with E-state index < -0.39 is 5.92 Å². The van der Waals surface area contributed by atoms with Crippen molar-refractivity contribution in [3.63, 3.8) is 0 Å². The van der Waals surface area contributed by atoms with E-state index in [1.165, 1.54) is 24.3 Å². The summed E-state index contributed by atoms with van der Waals surface area (Å²) in [6, 6.07) is 14.8. The molecule has 0 fully saturated rings. The van der Waals surface area contributed by atoms with Gasteiger partial charge in [-0.2, -0.15) is 5.26 Å². The first-order valence-corrected chi connectivity index (χ1v) is 10.1. The number of hydrogen-bond donors (Lipinski definition) is 1. The highest BCUT2D eigenvalue weighted by molar-refractivity contribution is 5.63. The van der Waals surface area contributed by atoms with E-state index in [2.05, 4.69) is 24.8 Å². The summed E-state index contributed by atoms with van der Waals surface area (Å²) in [7, 11) is 0. The Hall–Kier alpha value is -3.43. The molecule has 0 amide bonds. The van der Waals surface area contributed by atoms with Gasteiger partial charge in [0.05, 0.1) is 5.92 Å². The minimum atomic E-state index is -0.424. The smallest absolute Gasteiger partial charge is 0.205 e. The molecule has 2 aromatic rings. The molecule has 2 aliphatic heterocycles. The van der Waals surface area contributed by atoms with Crippen molar-refractivity contribution in [3.8, 4) is 6.07 Å². The molecule has 2 heterocycles. The largest absolute Gasteiger partial charge is 0.440 e. The molecule has 6 heteroatoms. The third kappa shape index (κ3) is 4.10. The first-order chi connectivity index (χ1) is 14.9. The normalized spacial score (nSPS) is 20.6. The zero-order valence-electron chi connectivity index (χ0n) is 17.4. The maximum absolute atomic E-state index is 13.6. The number of allylic oxidation sites excluding steroid dienone is 1. The molecule has 2 aromatic carbocycles. The fourth-order valence-electron chi connectivity index (χ4n) is 4.06. The molecule has 0 unspecified atom stereocenters. The number of nitriles is 1. The molecule has 0 aromatic heterocycles. The molecule has 158 valence electrons. The molecule has 1 atom stereocenters. The maximum Gasteiger partial charge on any atom is 0.205 e. The number of nitrogens with zero attached hydrogens (tertiary/aromatic N) is 2. The van der Waals surface area contributed by atoms with Crippen molar-refractivity contribution in [1.82, 2.24) is 4.90 Å². The van der Waals surface area contributed by atoms with E-state index in [0.717, 1.165) is 22.3 Å². The average Bonchev–Trinajstić information content (AvgIpc) is 2.75. The molecular formula is C25H23F2N3O. The number of rotatable bonds is 3. The molecule has 2 aliphatic rings. The van der Waals surface area contributed by atoms with E-state index >= 15 is 0 Å². The van der Waals surface area contributed by atoms with Gasteiger partial charge in [-0.1, -0.05) is 24.3 Å². The van der Waals surface area contributed by atoms with E-state index in [1.807, 2.05) is 6.08 Å². The standard InChI is InChI=1S/C25H23F2N3O/c1-15(2)30-13-18(11-16-3-7-19(26)8-4-16)24-22(14-30)23(21(12-28)25(29)31-24)17-5-9-20(27)10-6-17/h3-11,15,23H,13-14,29H2,1-2H3/t23-/m1/s1. The lowest BCUT2D eigenvalue weighted by Gasteiger charge is -2.39. The molecular weight excluding hydrogens is 396 g/mol. The van der Waals surface area contributed by atoms with Gasteiger partial charge in [0.1, 0.15) is 29.0 Å². The van der Waals surface area contributed by atoms with Gasteiger partial charge in [0.25, 0.3) is 0 Å². The second-order valence-corrected chi connectivity index (χ2v) is 8.05. The lowest BCUT2D eigenvalue weighted by molar-refractivity contribution is 0.208. The Morgan fingerprint density at radius 3 is 2.26 bits per heavy atom. The van der Waals surface area contributed by atoms with Crippen LogP contribution in [0.1, 0.15) is 30.9 Å². The Morgan fingerprint density at radius 1 is 1.06 bits per heavy atom. The van der Waals surface area contributed by atoms with Gasteiger partial charge in [0.15, 0.2) is 0 Å². The maximum atomic E-state index is 13.6. The van der Waals surface area contributed by atoms with Crippen molar-refractivity contribution in [3.05, 3.63) is 99.7 Å². The second-order valence-electron chi connectivity index (χ2n) is 8.05. The fraction of sp³-hybridized carbons (Fsp3) is 0.240. The molecule has 0 saturated carbocycles. The summed E-state index contributed by atoms with van der Waals surface area (Å²) < 4.78 is 32.9. The Labute approximate surface area is 180 Å². The van der Waals surface area contributed by atoms with Gasteiger partial charge >= 0.3 is 0 Å². The van der Waals surface area contributed by atoms with E-state index in [4.69, 9.17) is 10.5 Å². The molecule has 31 heavy (non-hydrogen) atoms. The Kier molecular flexibility index (Phi) is 5.62. The van der Waals surface area contributed by atoms with Gasteiger partial charge < -0.3 is 10.5 Å². The lowest BCUT2D eigenvalue weighted by atomic mass is 9.80. The van der Waals surface area contributed by atoms with Crippen LogP contribution in [0.4, 0.5) is 8.78 Å². The van der Waals surface area contributed by atoms with Crippen LogP contribution in [-0.4, -0.2) is 24.0 Å². The van der Waals surface area contributed by atoms with E-state index in [-0.39, 0.29) is 23.6 Å². The fourth-order valence-corrected chi connectivity index (χ4v) is 4.06. The number of hydrogen-bond acceptors (Lipinski definition) is 4. The van der Waals surface area contributed by atoms with Gasteiger partial charge in [-0.05, 0) is 60.9 Å². The van der Waals surface area contributed by atoms with Crippen molar-refractivity contribution >= 4 is 6.08 Å². The van der Waals surface area contributed by atoms with Crippen LogP contribution in [0, 0.1) is 23.0 Å². The molecule has 4 rings (SSSR count). The lowest BCUT2D eigenvalue weighted by Crippen LogP contribution is -2.41. The third-order valence-corrected chi connectivity index (χ3v) is 5.71. The summed E-state index contributed by atoms with van der Waals surface area (Å²) >= 11 is 0. The number of nitrogens with two attached hydrogens (primary N) is 1. The highest BCUT2D eigenvalue weighted by Gasteiger charge is 2.38. The van der Waals surface area contributed by atoms with Crippen LogP contribution in [0.5, 0.6) is 0 Å². The van der Waals surface area contributed by atoms with E-state index in [9.17, 15) is 14.0 Å². The first kappa shape index (κ1) is 20.8. The first-order valence-electron chi connectivity index (χ1n) is 10.1. The number of benzene rings is 2. The summed E-state index contributed by atoms with van der Waals surface area (Å²) in [4.78, 5) is 2.27. The van der Waals surface area contributed by atoms with Gasteiger partial charge in [-0.3, -0.25) is 4.90 Å². The van der Waals surface area contributed by atoms with Gasteiger partial charge in [-0.15, -0.1) is 0 Å². The van der Waals surface area contributed by atoms with Crippen LogP contribution < -0.4 is 5.73 Å². The summed E-state index contributed by atoms with van der Waals surface area (Å²) in [6.07, 6.45) is 1.95. The molecule has 0 saturated heterocycles. The average molecular weight is 419 g/mol. The zero-order chi connectivity index (χ0) is 22.1. The van der Waals surface area contributed by atoms with Crippen molar-refractivity contribution < 1.29 is 13.5 Å². The van der Waals surface area contributed by atoms with Crippen LogP contribution in [0.2, 0.25) is 0 Å². The Balaban J connectivity index is 1.88. The molecule has 2 N–H and O–H groups in total. The minimum Gasteiger partial charge on any atom is -0.440 e. The predicted molar refractivity (Wildman–Crippen MR) is 115 cm³/mol. The summed E-state index contributed by atoms with van der Waals surface area (Å²) in [5.74, 6) is -0.381. The predicted octanol–water partition coefficient (Wildman–Crippen LogP) is 4.83. The van der Waals surface area contributed by atoms with Crippen molar-refractivity contribution in [2.45, 2.75) is 25.8 Å². The van der Waals surface area contributed by atoms with E-state index in [1.54, 1.807) is 24.3 Å². The topological polar surface area (TPSA) is 62.3 Å². The molecule has 0 aliphatic carbocycles. The van der Waals surface area contributed by atoms with Gasteiger partial charge in [-0.25, -0.2) is 8.78 Å². The molecule has 0 radical (unpaired) electrons. The van der Waals surface area contributed by atoms with Crippen LogP contribution >= 0.6 is 0 Å². The SMILES string of the molecule is CC(C)N1CC(=Cc2ccc(F)cc2)C2=C(C1)[C@H](c1ccc(F)cc1)C(C#N)=C(N)O2. The van der Waals surface area contributed by atoms with Crippen LogP contribution in [0.15, 0.2) is 76.9 Å². The monoisotopic (exact) mass is 419 g/mol. The number of halogens is 2. The van der Waals surface area contributed by atoms with Crippen LogP contribution in [0.3, 0.4) is 0 Å². The Morgan fingerprint density at radius 2 is 1.68 bits per heavy atom. The van der Waals surface area contributed by atoms with Crippen molar-refractivity contribution in [1.29, 1.82) is 5.26 Å². The van der Waals surface area contributed by atoms with Gasteiger partial charge in [0.2, 0.25) is 5.88 Å². The third-order valence-electron chi connectivity index (χ3n) is 5.71. The summed E-state index contributed by atoms with van der Waals surface area (Å²) in [6.45, 7) is 5.42. The van der Waals surface area contributed by atoms with Crippen LogP contribution in [-0.2, 0) is 4.74 Å². The second kappa shape index (κ2) is 8.37. The zero-order valence-corrected chi connectivity index (χ0v) is 17.4. The van der Waals surface area contributed by atoms with Gasteiger partial charge in [0, 0.05) is 24.7 Å². The highest BCUT2D eigenvalue weighted by atomic mass is 19.1. The molecule has 0 spiro atoms. The summed E-state index contributed by atoms with van der Waals surface area (Å²) in [5.41, 5.74) is 9.90. The highest BCUT2D eigenvalue weighted by Crippen LogP contribution is 2.44. The Bertz CT molecular complexity index is 1120. The molecule has 4 nitrogen and oxygen atoms in total. The van der Waals surface area contributed by atoms with E-state index in [0.29, 0.717) is 24.4 Å². The number of ether oxygens (including phenoxy) is 1.